The highest BCUT2D eigenvalue weighted by Crippen LogP contribution is 2.19. The number of nitrogens with zero attached hydrogens (tertiary/aromatic N) is 3. The van der Waals surface area contributed by atoms with Crippen LogP contribution in [0.4, 0.5) is 5.69 Å². The van der Waals surface area contributed by atoms with E-state index in [0.29, 0.717) is 5.02 Å². The van der Waals surface area contributed by atoms with E-state index in [2.05, 4.69) is 33.0 Å². The van der Waals surface area contributed by atoms with Gasteiger partial charge in [-0.05, 0) is 42.7 Å². The first-order valence-corrected chi connectivity index (χ1v) is 7.85. The first-order valence-electron chi connectivity index (χ1n) is 6.70. The molecule has 106 valence electrons. The van der Waals surface area contributed by atoms with Crippen molar-refractivity contribution in [2.45, 2.75) is 13.5 Å². The fourth-order valence-corrected chi connectivity index (χ4v) is 2.95. The molecule has 1 aromatic heterocycles. The Balaban J connectivity index is 2.05. The third-order valence-corrected chi connectivity index (χ3v) is 4.25. The molecule has 0 saturated carbocycles. The molecule has 1 heterocycles. The maximum atomic E-state index is 5.89. The number of aromatic nitrogens is 2. The van der Waals surface area contributed by atoms with E-state index in [1.54, 1.807) is 11.5 Å². The number of halogens is 1. The highest BCUT2D eigenvalue weighted by atomic mass is 35.5. The van der Waals surface area contributed by atoms with Crippen LogP contribution in [-0.2, 0) is 6.54 Å². The quantitative estimate of drug-likeness (QED) is 0.699. The zero-order valence-corrected chi connectivity index (χ0v) is 13.1. The number of rotatable bonds is 3. The average Bonchev–Trinajstić information content (AvgIpc) is 2.93. The van der Waals surface area contributed by atoms with Crippen LogP contribution in [-0.4, -0.2) is 8.94 Å². The van der Waals surface area contributed by atoms with E-state index in [9.17, 15) is 0 Å². The topological polar surface area (TPSA) is 30.2 Å². The second kappa shape index (κ2) is 6.24. The first kappa shape index (κ1) is 14.0. The standard InChI is InChI=1S/C16H14ClN3S/c1-2-20-15(12-6-4-3-5-7-12)19-16(21-20)18-14-10-8-13(17)9-11-14/h3-11H,2H2,1H3. The van der Waals surface area contributed by atoms with Crippen LogP contribution in [0.3, 0.4) is 0 Å². The summed E-state index contributed by atoms with van der Waals surface area (Å²) in [6.45, 7) is 2.98. The smallest absolute Gasteiger partial charge is 0.227 e. The summed E-state index contributed by atoms with van der Waals surface area (Å²) in [5, 5.41) is 0.710. The molecule has 0 atom stereocenters. The van der Waals surface area contributed by atoms with Crippen molar-refractivity contribution in [3.8, 4) is 11.4 Å². The minimum Gasteiger partial charge on any atom is -0.279 e. The van der Waals surface area contributed by atoms with Gasteiger partial charge < -0.3 is 0 Å². The number of aryl methyl sites for hydroxylation is 1. The molecule has 21 heavy (non-hydrogen) atoms. The minimum atomic E-state index is 0.710. The molecule has 0 aliphatic heterocycles. The van der Waals surface area contributed by atoms with E-state index >= 15 is 0 Å². The zero-order chi connectivity index (χ0) is 14.7. The van der Waals surface area contributed by atoms with Gasteiger partial charge in [-0.2, -0.15) is 4.98 Å². The van der Waals surface area contributed by atoms with Gasteiger partial charge in [0.1, 0.15) is 0 Å². The normalized spacial score (nSPS) is 11.8. The second-order valence-corrected chi connectivity index (χ2v) is 5.88. The van der Waals surface area contributed by atoms with Crippen LogP contribution in [0.2, 0.25) is 5.02 Å². The average molecular weight is 316 g/mol. The summed E-state index contributed by atoms with van der Waals surface area (Å²) >= 11 is 7.45. The summed E-state index contributed by atoms with van der Waals surface area (Å²) in [5.74, 6) is 0.954. The molecule has 2 aromatic carbocycles. The highest BCUT2D eigenvalue weighted by molar-refractivity contribution is 7.03. The molecule has 0 aliphatic rings. The predicted molar refractivity (Wildman–Crippen MR) is 87.9 cm³/mol. The van der Waals surface area contributed by atoms with Crippen LogP contribution < -0.4 is 4.80 Å². The van der Waals surface area contributed by atoms with Crippen molar-refractivity contribution in [3.63, 3.8) is 0 Å². The predicted octanol–water partition coefficient (Wildman–Crippen LogP) is 4.52. The van der Waals surface area contributed by atoms with Crippen molar-refractivity contribution in [2.24, 2.45) is 4.99 Å². The van der Waals surface area contributed by atoms with Crippen molar-refractivity contribution in [1.82, 2.24) is 8.94 Å². The van der Waals surface area contributed by atoms with Gasteiger partial charge in [-0.1, -0.05) is 41.9 Å². The maximum Gasteiger partial charge on any atom is 0.227 e. The van der Waals surface area contributed by atoms with E-state index in [1.165, 1.54) is 0 Å². The van der Waals surface area contributed by atoms with Crippen LogP contribution in [0.1, 0.15) is 6.92 Å². The maximum absolute atomic E-state index is 5.89. The van der Waals surface area contributed by atoms with Crippen LogP contribution in [0.25, 0.3) is 11.4 Å². The van der Waals surface area contributed by atoms with Crippen LogP contribution in [0.5, 0.6) is 0 Å². The molecule has 0 spiro atoms. The third-order valence-electron chi connectivity index (χ3n) is 3.00. The molecule has 5 heteroatoms. The molecule has 0 radical (unpaired) electrons. The third kappa shape index (κ3) is 3.23. The Morgan fingerprint density at radius 1 is 1.10 bits per heavy atom. The highest BCUT2D eigenvalue weighted by Gasteiger charge is 2.07. The lowest BCUT2D eigenvalue weighted by Gasteiger charge is -2.01. The monoisotopic (exact) mass is 315 g/mol. The molecule has 0 amide bonds. The lowest BCUT2D eigenvalue weighted by Crippen LogP contribution is -1.96. The van der Waals surface area contributed by atoms with Gasteiger partial charge in [0.05, 0.1) is 5.69 Å². The van der Waals surface area contributed by atoms with Gasteiger partial charge in [0.25, 0.3) is 0 Å². The Morgan fingerprint density at radius 3 is 2.48 bits per heavy atom. The SMILES string of the molecule is CCn1sc(=Nc2ccc(Cl)cc2)nc1-c1ccccc1. The molecule has 0 fully saturated rings. The zero-order valence-electron chi connectivity index (χ0n) is 11.5. The van der Waals surface area contributed by atoms with Gasteiger partial charge in [0.2, 0.25) is 4.80 Å². The van der Waals surface area contributed by atoms with Gasteiger partial charge in [-0.25, -0.2) is 4.99 Å². The van der Waals surface area contributed by atoms with Crippen LogP contribution >= 0.6 is 23.1 Å². The van der Waals surface area contributed by atoms with Gasteiger partial charge in [-0.3, -0.25) is 3.96 Å². The Labute approximate surface area is 132 Å². The fraction of sp³-hybridized carbons (Fsp3) is 0.125. The van der Waals surface area contributed by atoms with E-state index in [4.69, 9.17) is 11.6 Å². The molecule has 3 rings (SSSR count). The summed E-state index contributed by atoms with van der Waals surface area (Å²) in [5.41, 5.74) is 1.96. The summed E-state index contributed by atoms with van der Waals surface area (Å²) in [4.78, 5) is 9.96. The lowest BCUT2D eigenvalue weighted by molar-refractivity contribution is 0.833. The van der Waals surface area contributed by atoms with E-state index in [0.717, 1.165) is 28.4 Å². The molecule has 3 nitrogen and oxygen atoms in total. The van der Waals surface area contributed by atoms with Gasteiger partial charge in [-0.15, -0.1) is 0 Å². The number of hydrogen-bond donors (Lipinski definition) is 0. The van der Waals surface area contributed by atoms with Gasteiger partial charge >= 0.3 is 0 Å². The molecule has 0 saturated heterocycles. The number of benzene rings is 2. The van der Waals surface area contributed by atoms with E-state index in [-0.39, 0.29) is 0 Å². The van der Waals surface area contributed by atoms with Gasteiger partial charge in [0.15, 0.2) is 5.82 Å². The Morgan fingerprint density at radius 2 is 1.81 bits per heavy atom. The molecule has 0 aliphatic carbocycles. The summed E-state index contributed by atoms with van der Waals surface area (Å²) in [6, 6.07) is 17.6. The molecule has 3 aromatic rings. The van der Waals surface area contributed by atoms with Crippen molar-refractivity contribution in [1.29, 1.82) is 0 Å². The van der Waals surface area contributed by atoms with E-state index in [1.807, 2.05) is 42.5 Å². The summed E-state index contributed by atoms with van der Waals surface area (Å²) in [7, 11) is 0. The van der Waals surface area contributed by atoms with Crippen LogP contribution in [0, 0.1) is 0 Å². The van der Waals surface area contributed by atoms with Crippen molar-refractivity contribution < 1.29 is 0 Å². The Kier molecular flexibility index (Phi) is 4.18. The second-order valence-electron chi connectivity index (χ2n) is 4.46. The largest absolute Gasteiger partial charge is 0.279 e. The first-order chi connectivity index (χ1) is 10.3. The summed E-state index contributed by atoms with van der Waals surface area (Å²) in [6.07, 6.45) is 0. The number of hydrogen-bond acceptors (Lipinski definition) is 3. The Bertz CT molecular complexity index is 788. The summed E-state index contributed by atoms with van der Waals surface area (Å²) < 4.78 is 2.14. The Hall–Kier alpha value is -1.91. The van der Waals surface area contributed by atoms with Crippen molar-refractivity contribution in [2.75, 3.05) is 0 Å². The van der Waals surface area contributed by atoms with Crippen LogP contribution in [0.15, 0.2) is 59.6 Å². The molecular formula is C16H14ClN3S. The lowest BCUT2D eigenvalue weighted by atomic mass is 10.2. The molecular weight excluding hydrogens is 302 g/mol. The molecule has 0 unspecified atom stereocenters. The minimum absolute atomic E-state index is 0.710. The molecule has 0 bridgehead atoms. The van der Waals surface area contributed by atoms with Crippen molar-refractivity contribution >= 4 is 28.8 Å². The fourth-order valence-electron chi connectivity index (χ4n) is 1.99. The van der Waals surface area contributed by atoms with Gasteiger partial charge in [0, 0.05) is 17.1 Å². The molecule has 0 N–H and O–H groups in total. The van der Waals surface area contributed by atoms with Crippen molar-refractivity contribution in [3.05, 3.63) is 64.4 Å². The van der Waals surface area contributed by atoms with E-state index < -0.39 is 0 Å².